The number of rotatable bonds is 7. The molecule has 3 N–H and O–H groups in total. The van der Waals surface area contributed by atoms with E-state index in [2.05, 4.69) is 10.3 Å². The Morgan fingerprint density at radius 2 is 2.00 bits per heavy atom. The highest BCUT2D eigenvalue weighted by atomic mass is 32.1. The minimum absolute atomic E-state index is 0.00580. The SMILES string of the molecule is CCOC(=O)c1nc(NCC(C)(C)C(N)=O)sc1C(C)=O. The fourth-order valence-corrected chi connectivity index (χ4v) is 2.20. The summed E-state index contributed by atoms with van der Waals surface area (Å²) < 4.78 is 4.87. The summed E-state index contributed by atoms with van der Waals surface area (Å²) in [7, 11) is 0. The molecular formula is C13H19N3O4S. The number of thiazole rings is 1. The quantitative estimate of drug-likeness (QED) is 0.582. The van der Waals surface area contributed by atoms with Gasteiger partial charge in [0, 0.05) is 13.5 Å². The summed E-state index contributed by atoms with van der Waals surface area (Å²) >= 11 is 1.05. The Morgan fingerprint density at radius 1 is 1.38 bits per heavy atom. The minimum atomic E-state index is -0.772. The number of ether oxygens (including phenoxy) is 1. The van der Waals surface area contributed by atoms with Crippen molar-refractivity contribution in [2.75, 3.05) is 18.5 Å². The van der Waals surface area contributed by atoms with Gasteiger partial charge in [0.25, 0.3) is 0 Å². The second kappa shape index (κ2) is 6.66. The maximum absolute atomic E-state index is 11.8. The van der Waals surface area contributed by atoms with Gasteiger partial charge in [0.05, 0.1) is 12.0 Å². The number of esters is 1. The minimum Gasteiger partial charge on any atom is -0.461 e. The molecule has 116 valence electrons. The van der Waals surface area contributed by atoms with Crippen LogP contribution >= 0.6 is 11.3 Å². The number of hydrogen-bond donors (Lipinski definition) is 2. The van der Waals surface area contributed by atoms with Crippen LogP contribution in [0.4, 0.5) is 5.13 Å². The molecule has 0 radical (unpaired) electrons. The van der Waals surface area contributed by atoms with E-state index < -0.39 is 17.3 Å². The molecule has 1 heterocycles. The van der Waals surface area contributed by atoms with E-state index in [4.69, 9.17) is 10.5 Å². The molecule has 0 spiro atoms. The molecule has 1 rings (SSSR count). The second-order valence-electron chi connectivity index (χ2n) is 5.08. The Hall–Kier alpha value is -1.96. The van der Waals surface area contributed by atoms with Crippen molar-refractivity contribution in [1.82, 2.24) is 4.98 Å². The number of nitrogens with two attached hydrogens (primary N) is 1. The average Bonchev–Trinajstić information content (AvgIpc) is 2.81. The molecule has 0 aliphatic heterocycles. The molecule has 1 amide bonds. The van der Waals surface area contributed by atoms with Crippen LogP contribution < -0.4 is 11.1 Å². The number of Topliss-reactive ketones (excluding diaryl/α,β-unsaturated/α-hetero) is 1. The molecule has 1 aromatic rings. The first-order chi connectivity index (χ1) is 9.69. The highest BCUT2D eigenvalue weighted by Crippen LogP contribution is 2.26. The zero-order chi connectivity index (χ0) is 16.2. The number of aromatic nitrogens is 1. The Labute approximate surface area is 126 Å². The number of carbonyl (C=O) groups is 3. The van der Waals surface area contributed by atoms with E-state index in [0.717, 1.165) is 11.3 Å². The van der Waals surface area contributed by atoms with E-state index >= 15 is 0 Å². The maximum Gasteiger partial charge on any atom is 0.358 e. The molecule has 21 heavy (non-hydrogen) atoms. The average molecular weight is 313 g/mol. The Kier molecular flexibility index (Phi) is 5.42. The lowest BCUT2D eigenvalue weighted by Crippen LogP contribution is -2.37. The Balaban J connectivity index is 2.95. The van der Waals surface area contributed by atoms with E-state index in [0.29, 0.717) is 5.13 Å². The lowest BCUT2D eigenvalue weighted by atomic mass is 9.93. The third-order valence-electron chi connectivity index (χ3n) is 2.76. The fraction of sp³-hybridized carbons (Fsp3) is 0.538. The van der Waals surface area contributed by atoms with E-state index in [1.54, 1.807) is 20.8 Å². The Bertz CT molecular complexity index is 566. The van der Waals surface area contributed by atoms with Crippen LogP contribution in [0.15, 0.2) is 0 Å². The van der Waals surface area contributed by atoms with Crippen molar-refractivity contribution in [3.8, 4) is 0 Å². The van der Waals surface area contributed by atoms with Gasteiger partial charge in [-0.3, -0.25) is 9.59 Å². The van der Waals surface area contributed by atoms with Gasteiger partial charge in [-0.15, -0.1) is 0 Å². The number of primary amides is 1. The summed E-state index contributed by atoms with van der Waals surface area (Å²) in [5, 5.41) is 3.30. The third-order valence-corrected chi connectivity index (χ3v) is 3.88. The highest BCUT2D eigenvalue weighted by Gasteiger charge is 2.27. The van der Waals surface area contributed by atoms with E-state index in [-0.39, 0.29) is 29.5 Å². The normalized spacial score (nSPS) is 11.0. The van der Waals surface area contributed by atoms with Crippen molar-refractivity contribution in [2.24, 2.45) is 11.1 Å². The summed E-state index contributed by atoms with van der Waals surface area (Å²) in [6.45, 7) is 6.85. The first kappa shape index (κ1) is 17.1. The lowest BCUT2D eigenvalue weighted by molar-refractivity contribution is -0.125. The van der Waals surface area contributed by atoms with Gasteiger partial charge in [-0.05, 0) is 20.8 Å². The van der Waals surface area contributed by atoms with Crippen LogP contribution in [0, 0.1) is 5.41 Å². The van der Waals surface area contributed by atoms with Crippen molar-refractivity contribution in [1.29, 1.82) is 0 Å². The van der Waals surface area contributed by atoms with Gasteiger partial charge in [0.15, 0.2) is 16.6 Å². The number of amides is 1. The smallest absolute Gasteiger partial charge is 0.358 e. The van der Waals surface area contributed by atoms with Gasteiger partial charge in [-0.2, -0.15) is 0 Å². The van der Waals surface area contributed by atoms with Crippen LogP contribution in [0.25, 0.3) is 0 Å². The van der Waals surface area contributed by atoms with Crippen LogP contribution in [-0.4, -0.2) is 35.8 Å². The molecule has 0 atom stereocenters. The molecule has 0 bridgehead atoms. The lowest BCUT2D eigenvalue weighted by Gasteiger charge is -2.20. The molecule has 0 fully saturated rings. The molecule has 0 aromatic carbocycles. The van der Waals surface area contributed by atoms with Crippen LogP contribution in [0.3, 0.4) is 0 Å². The van der Waals surface area contributed by atoms with E-state index in [9.17, 15) is 14.4 Å². The molecular weight excluding hydrogens is 294 g/mol. The predicted octanol–water partition coefficient (Wildman–Crippen LogP) is 1.45. The third kappa shape index (κ3) is 4.25. The topological polar surface area (TPSA) is 111 Å². The largest absolute Gasteiger partial charge is 0.461 e. The molecule has 1 aromatic heterocycles. The van der Waals surface area contributed by atoms with Crippen LogP contribution in [0.2, 0.25) is 0 Å². The first-order valence-corrected chi connectivity index (χ1v) is 7.23. The van der Waals surface area contributed by atoms with E-state index in [1.807, 2.05) is 0 Å². The van der Waals surface area contributed by atoms with Crippen LogP contribution in [-0.2, 0) is 9.53 Å². The van der Waals surface area contributed by atoms with Crippen LogP contribution in [0.1, 0.15) is 47.9 Å². The highest BCUT2D eigenvalue weighted by molar-refractivity contribution is 7.17. The Morgan fingerprint density at radius 3 is 2.48 bits per heavy atom. The van der Waals surface area contributed by atoms with Crippen molar-refractivity contribution < 1.29 is 19.1 Å². The number of anilines is 1. The zero-order valence-electron chi connectivity index (χ0n) is 12.5. The fourth-order valence-electron chi connectivity index (χ4n) is 1.36. The van der Waals surface area contributed by atoms with Crippen molar-refractivity contribution in [2.45, 2.75) is 27.7 Å². The van der Waals surface area contributed by atoms with Gasteiger partial charge < -0.3 is 15.8 Å². The maximum atomic E-state index is 11.8. The predicted molar refractivity (Wildman–Crippen MR) is 79.5 cm³/mol. The van der Waals surface area contributed by atoms with Gasteiger partial charge >= 0.3 is 5.97 Å². The molecule has 7 nitrogen and oxygen atoms in total. The van der Waals surface area contributed by atoms with Crippen molar-refractivity contribution >= 4 is 34.1 Å². The van der Waals surface area contributed by atoms with Crippen molar-refractivity contribution in [3.63, 3.8) is 0 Å². The number of hydrogen-bond acceptors (Lipinski definition) is 7. The molecule has 0 aliphatic carbocycles. The number of ketones is 1. The summed E-state index contributed by atoms with van der Waals surface area (Å²) in [6.07, 6.45) is 0. The second-order valence-corrected chi connectivity index (χ2v) is 6.07. The van der Waals surface area contributed by atoms with Crippen LogP contribution in [0.5, 0.6) is 0 Å². The monoisotopic (exact) mass is 313 g/mol. The summed E-state index contributed by atoms with van der Waals surface area (Å²) in [4.78, 5) is 38.9. The summed E-state index contributed by atoms with van der Waals surface area (Å²) in [5.41, 5.74) is 4.50. The first-order valence-electron chi connectivity index (χ1n) is 6.41. The van der Waals surface area contributed by atoms with Gasteiger partial charge in [-0.1, -0.05) is 11.3 Å². The molecule has 0 unspecified atom stereocenters. The van der Waals surface area contributed by atoms with Gasteiger partial charge in [0.1, 0.15) is 4.88 Å². The molecule has 0 saturated carbocycles. The van der Waals surface area contributed by atoms with Gasteiger partial charge in [0.2, 0.25) is 5.91 Å². The number of nitrogens with one attached hydrogen (secondary N) is 1. The molecule has 8 heteroatoms. The molecule has 0 saturated heterocycles. The van der Waals surface area contributed by atoms with Crippen molar-refractivity contribution in [3.05, 3.63) is 10.6 Å². The van der Waals surface area contributed by atoms with Gasteiger partial charge in [-0.25, -0.2) is 9.78 Å². The number of carbonyl (C=O) groups excluding carboxylic acids is 3. The zero-order valence-corrected chi connectivity index (χ0v) is 13.3. The molecule has 0 aliphatic rings. The van der Waals surface area contributed by atoms with E-state index in [1.165, 1.54) is 6.92 Å². The summed E-state index contributed by atoms with van der Waals surface area (Å²) in [6, 6.07) is 0. The standard InChI is InChI=1S/C13H19N3O4S/c1-5-20-10(18)8-9(7(2)17)21-12(16-8)15-6-13(3,4)11(14)19/h5-6H2,1-4H3,(H2,14,19)(H,15,16). The summed E-state index contributed by atoms with van der Waals surface area (Å²) in [5.74, 6) is -1.36. The number of nitrogens with zero attached hydrogens (tertiary/aromatic N) is 1.